The normalized spacial score (nSPS) is 16.3. The van der Waals surface area contributed by atoms with E-state index >= 15 is 0 Å². The fourth-order valence-corrected chi connectivity index (χ4v) is 4.24. The van der Waals surface area contributed by atoms with Gasteiger partial charge >= 0.3 is 6.03 Å². The summed E-state index contributed by atoms with van der Waals surface area (Å²) in [6.45, 7) is 0.829. The van der Waals surface area contributed by atoms with Crippen LogP contribution in [0.2, 0.25) is 0 Å². The van der Waals surface area contributed by atoms with Crippen molar-refractivity contribution in [3.8, 4) is 11.5 Å². The van der Waals surface area contributed by atoms with Gasteiger partial charge in [-0.1, -0.05) is 6.07 Å². The quantitative estimate of drug-likeness (QED) is 0.819. The van der Waals surface area contributed by atoms with Gasteiger partial charge in [0.1, 0.15) is 0 Å². The zero-order valence-corrected chi connectivity index (χ0v) is 16.4. The van der Waals surface area contributed by atoms with Crippen LogP contribution in [0.15, 0.2) is 29.6 Å². The Bertz CT molecular complexity index is 823. The number of urea groups is 1. The first kappa shape index (κ1) is 19.2. The molecule has 27 heavy (non-hydrogen) atoms. The molecule has 1 aromatic carbocycles. The van der Waals surface area contributed by atoms with Gasteiger partial charge in [0.2, 0.25) is 5.91 Å². The molecule has 1 aliphatic rings. The van der Waals surface area contributed by atoms with E-state index < -0.39 is 6.03 Å². The molecule has 1 unspecified atom stereocenters. The minimum absolute atomic E-state index is 0.0796. The van der Waals surface area contributed by atoms with Crippen LogP contribution in [0, 0.1) is 0 Å². The van der Waals surface area contributed by atoms with Gasteiger partial charge in [0.15, 0.2) is 11.5 Å². The Hall–Kier alpha value is -2.58. The Kier molecular flexibility index (Phi) is 5.98. The van der Waals surface area contributed by atoms with Gasteiger partial charge < -0.3 is 14.8 Å². The highest BCUT2D eigenvalue weighted by molar-refractivity contribution is 7.10. The molecule has 8 heteroatoms. The van der Waals surface area contributed by atoms with Crippen molar-refractivity contribution in [2.24, 2.45) is 0 Å². The first-order chi connectivity index (χ1) is 13.1. The fraction of sp³-hybridized carbons (Fsp3) is 0.368. The summed E-state index contributed by atoms with van der Waals surface area (Å²) in [7, 11) is 4.72. The molecular weight excluding hydrogens is 366 g/mol. The third-order valence-electron chi connectivity index (χ3n) is 4.61. The molecule has 1 atom stereocenters. The lowest BCUT2D eigenvalue weighted by atomic mass is 9.91. The molecule has 2 N–H and O–H groups in total. The van der Waals surface area contributed by atoms with Gasteiger partial charge in [-0.3, -0.25) is 15.0 Å². The predicted octanol–water partition coefficient (Wildman–Crippen LogP) is 2.17. The van der Waals surface area contributed by atoms with Crippen molar-refractivity contribution in [1.82, 2.24) is 15.5 Å². The topological polar surface area (TPSA) is 79.9 Å². The van der Waals surface area contributed by atoms with E-state index in [9.17, 15) is 9.59 Å². The number of rotatable bonds is 5. The molecule has 0 fully saturated rings. The minimum Gasteiger partial charge on any atom is -0.493 e. The number of thiophene rings is 1. The zero-order valence-electron chi connectivity index (χ0n) is 15.6. The Morgan fingerprint density at radius 1 is 1.26 bits per heavy atom. The van der Waals surface area contributed by atoms with E-state index in [2.05, 4.69) is 21.6 Å². The van der Waals surface area contributed by atoms with Crippen molar-refractivity contribution in [2.75, 3.05) is 34.4 Å². The van der Waals surface area contributed by atoms with Gasteiger partial charge in [-0.25, -0.2) is 4.79 Å². The smallest absolute Gasteiger partial charge is 0.321 e. The number of amides is 3. The second-order valence-electron chi connectivity index (χ2n) is 6.17. The summed E-state index contributed by atoms with van der Waals surface area (Å²) in [5.74, 6) is 1.03. The van der Waals surface area contributed by atoms with Gasteiger partial charge in [-0.05, 0) is 41.1 Å². The molecule has 7 nitrogen and oxygen atoms in total. The summed E-state index contributed by atoms with van der Waals surface area (Å²) in [5.41, 5.74) is 2.27. The van der Waals surface area contributed by atoms with Gasteiger partial charge in [0.05, 0.1) is 26.8 Å². The number of nitrogens with zero attached hydrogens (tertiary/aromatic N) is 1. The van der Waals surface area contributed by atoms with Gasteiger partial charge in [-0.15, -0.1) is 11.3 Å². The molecule has 0 bridgehead atoms. The lowest BCUT2D eigenvalue weighted by Crippen LogP contribution is -2.46. The van der Waals surface area contributed by atoms with Gasteiger partial charge in [0, 0.05) is 18.5 Å². The summed E-state index contributed by atoms with van der Waals surface area (Å²) in [5, 5.41) is 6.75. The van der Waals surface area contributed by atoms with Crippen molar-refractivity contribution >= 4 is 23.3 Å². The number of ether oxygens (including phenoxy) is 2. The van der Waals surface area contributed by atoms with Crippen molar-refractivity contribution in [2.45, 2.75) is 12.5 Å². The minimum atomic E-state index is -0.503. The number of carbonyl (C=O) groups excluding carboxylic acids is 2. The van der Waals surface area contributed by atoms with Crippen molar-refractivity contribution < 1.29 is 19.1 Å². The SMILES string of the molecule is CNC(=O)NC(=O)CN1CCc2cc(OC)c(OC)cc2C1c1cccs1. The number of benzene rings is 1. The van der Waals surface area contributed by atoms with Crippen LogP contribution in [0.4, 0.5) is 4.79 Å². The second-order valence-corrected chi connectivity index (χ2v) is 7.15. The lowest BCUT2D eigenvalue weighted by Gasteiger charge is -2.36. The molecule has 1 aliphatic heterocycles. The fourth-order valence-electron chi connectivity index (χ4n) is 3.36. The van der Waals surface area contributed by atoms with Crippen LogP contribution in [0.3, 0.4) is 0 Å². The van der Waals surface area contributed by atoms with Crippen LogP contribution in [-0.2, 0) is 11.2 Å². The molecule has 0 spiro atoms. The Morgan fingerprint density at radius 2 is 2.00 bits per heavy atom. The standard InChI is InChI=1S/C19H23N3O4S/c1-20-19(24)21-17(23)11-22-7-6-12-9-14(25-2)15(26-3)10-13(12)18(22)16-5-4-8-27-16/h4-5,8-10,18H,6-7,11H2,1-3H3,(H2,20,21,23,24). The highest BCUT2D eigenvalue weighted by atomic mass is 32.1. The summed E-state index contributed by atoms with van der Waals surface area (Å²) >= 11 is 1.64. The van der Waals surface area contributed by atoms with Crippen LogP contribution in [0.25, 0.3) is 0 Å². The maximum absolute atomic E-state index is 12.3. The highest BCUT2D eigenvalue weighted by Gasteiger charge is 2.32. The average molecular weight is 389 g/mol. The molecule has 3 amide bonds. The average Bonchev–Trinajstić information content (AvgIpc) is 3.20. The second kappa shape index (κ2) is 8.41. The number of hydrogen-bond acceptors (Lipinski definition) is 6. The number of fused-ring (bicyclic) bond motifs is 1. The number of carbonyl (C=O) groups is 2. The number of imide groups is 1. The lowest BCUT2D eigenvalue weighted by molar-refractivity contribution is -0.121. The molecule has 0 aliphatic carbocycles. The summed E-state index contributed by atoms with van der Waals surface area (Å²) < 4.78 is 10.9. The molecule has 1 aromatic heterocycles. The summed E-state index contributed by atoms with van der Waals surface area (Å²) in [4.78, 5) is 26.9. The molecule has 0 saturated heterocycles. The maximum Gasteiger partial charge on any atom is 0.321 e. The van der Waals surface area contributed by atoms with Gasteiger partial charge in [0.25, 0.3) is 0 Å². The van der Waals surface area contributed by atoms with Crippen molar-refractivity contribution in [3.63, 3.8) is 0 Å². The summed E-state index contributed by atoms with van der Waals surface area (Å²) in [6.07, 6.45) is 0.783. The molecule has 2 heterocycles. The van der Waals surface area contributed by atoms with Gasteiger partial charge in [-0.2, -0.15) is 0 Å². The zero-order chi connectivity index (χ0) is 19.4. The van der Waals surface area contributed by atoms with E-state index in [0.717, 1.165) is 16.9 Å². The van der Waals surface area contributed by atoms with Crippen LogP contribution in [0.5, 0.6) is 11.5 Å². The number of hydrogen-bond donors (Lipinski definition) is 2. The monoisotopic (exact) mass is 389 g/mol. The Morgan fingerprint density at radius 3 is 2.63 bits per heavy atom. The predicted molar refractivity (Wildman–Crippen MR) is 104 cm³/mol. The molecular formula is C19H23N3O4S. The highest BCUT2D eigenvalue weighted by Crippen LogP contribution is 2.41. The van der Waals surface area contributed by atoms with E-state index in [1.165, 1.54) is 12.6 Å². The Labute approximate surface area is 162 Å². The summed E-state index contributed by atoms with van der Waals surface area (Å²) in [6, 6.07) is 7.47. The van der Waals surface area contributed by atoms with Crippen molar-refractivity contribution in [1.29, 1.82) is 0 Å². The van der Waals surface area contributed by atoms with Crippen molar-refractivity contribution in [3.05, 3.63) is 45.6 Å². The van der Waals surface area contributed by atoms with Crippen LogP contribution in [-0.4, -0.2) is 51.2 Å². The van der Waals surface area contributed by atoms with E-state index in [1.54, 1.807) is 25.6 Å². The number of nitrogens with one attached hydrogen (secondary N) is 2. The molecule has 2 aromatic rings. The molecule has 3 rings (SSSR count). The van der Waals surface area contributed by atoms with E-state index in [-0.39, 0.29) is 18.5 Å². The maximum atomic E-state index is 12.3. The van der Waals surface area contributed by atoms with Crippen LogP contribution >= 0.6 is 11.3 Å². The first-order valence-electron chi connectivity index (χ1n) is 8.61. The number of methoxy groups -OCH3 is 2. The first-order valence-corrected chi connectivity index (χ1v) is 9.49. The van der Waals surface area contributed by atoms with E-state index in [4.69, 9.17) is 9.47 Å². The molecule has 144 valence electrons. The van der Waals surface area contributed by atoms with E-state index in [1.807, 2.05) is 23.6 Å². The third kappa shape index (κ3) is 4.06. The van der Waals surface area contributed by atoms with Crippen LogP contribution < -0.4 is 20.1 Å². The third-order valence-corrected chi connectivity index (χ3v) is 5.54. The Balaban J connectivity index is 1.95. The van der Waals surface area contributed by atoms with E-state index in [0.29, 0.717) is 18.0 Å². The molecule has 0 radical (unpaired) electrons. The largest absolute Gasteiger partial charge is 0.493 e. The molecule has 0 saturated carbocycles. The van der Waals surface area contributed by atoms with Crippen LogP contribution in [0.1, 0.15) is 22.0 Å².